The average molecular weight is 338 g/mol. The van der Waals surface area contributed by atoms with Crippen LogP contribution in [0.2, 0.25) is 0 Å². The molecule has 0 spiro atoms. The van der Waals surface area contributed by atoms with Crippen molar-refractivity contribution in [2.45, 2.75) is 0 Å². The minimum atomic E-state index is -0.974. The second kappa shape index (κ2) is 7.01. The number of thiazole rings is 1. The Balaban J connectivity index is 1.84. The summed E-state index contributed by atoms with van der Waals surface area (Å²) in [7, 11) is 1.88. The van der Waals surface area contributed by atoms with Gasteiger partial charge in [0.05, 0.1) is 5.69 Å². The van der Waals surface area contributed by atoms with Crippen molar-refractivity contribution in [2.24, 2.45) is 7.05 Å². The summed E-state index contributed by atoms with van der Waals surface area (Å²) in [6.07, 6.45) is 13.5. The zero-order valence-corrected chi connectivity index (χ0v) is 13.6. The number of aliphatic carboxylic acids is 1. The summed E-state index contributed by atoms with van der Waals surface area (Å²) in [4.78, 5) is 19.6. The van der Waals surface area contributed by atoms with Crippen LogP contribution in [0.4, 0.5) is 0 Å². The first kappa shape index (κ1) is 15.8. The number of nitrogens with zero attached hydrogens (tertiary/aromatic N) is 4. The van der Waals surface area contributed by atoms with E-state index >= 15 is 0 Å². The predicted molar refractivity (Wildman–Crippen MR) is 94.2 cm³/mol. The van der Waals surface area contributed by atoms with Crippen molar-refractivity contribution in [2.75, 3.05) is 0 Å². The Hall–Kier alpha value is -3.06. The standard InChI is InChI=1S/C17H14N4O2S/c1-21-11-13(17(20-21)12-6-8-18-9-7-12)2-4-15-19-10-14(24-15)3-5-16(22)23/h2-11H,1H3,(H,22,23)/b4-2+,5-3+. The molecule has 6 nitrogen and oxygen atoms in total. The third kappa shape index (κ3) is 3.82. The van der Waals surface area contributed by atoms with Gasteiger partial charge < -0.3 is 5.11 Å². The van der Waals surface area contributed by atoms with Gasteiger partial charge in [-0.2, -0.15) is 5.10 Å². The number of aryl methyl sites for hydroxylation is 1. The maximum atomic E-state index is 10.5. The molecule has 3 aromatic rings. The van der Waals surface area contributed by atoms with Crippen LogP contribution in [0.25, 0.3) is 29.5 Å². The van der Waals surface area contributed by atoms with Crippen molar-refractivity contribution in [1.29, 1.82) is 0 Å². The fraction of sp³-hybridized carbons (Fsp3) is 0.0588. The summed E-state index contributed by atoms with van der Waals surface area (Å²) in [5.41, 5.74) is 2.84. The number of rotatable bonds is 5. The van der Waals surface area contributed by atoms with Crippen LogP contribution < -0.4 is 0 Å². The largest absolute Gasteiger partial charge is 0.478 e. The van der Waals surface area contributed by atoms with Crippen molar-refractivity contribution >= 4 is 35.5 Å². The molecular weight excluding hydrogens is 324 g/mol. The molecule has 0 atom stereocenters. The van der Waals surface area contributed by atoms with E-state index in [1.807, 2.05) is 37.5 Å². The first-order valence-corrected chi connectivity index (χ1v) is 7.92. The van der Waals surface area contributed by atoms with Crippen LogP contribution in [0, 0.1) is 0 Å². The van der Waals surface area contributed by atoms with Crippen LogP contribution in [0.1, 0.15) is 15.4 Å². The normalized spacial score (nSPS) is 11.5. The molecule has 1 N–H and O–H groups in total. The molecule has 0 aliphatic carbocycles. The number of aromatic nitrogens is 4. The molecule has 0 amide bonds. The molecule has 0 aromatic carbocycles. The van der Waals surface area contributed by atoms with Crippen LogP contribution in [0.15, 0.2) is 43.0 Å². The highest BCUT2D eigenvalue weighted by molar-refractivity contribution is 7.13. The first-order chi connectivity index (χ1) is 11.6. The van der Waals surface area contributed by atoms with Crippen molar-refractivity contribution in [1.82, 2.24) is 19.7 Å². The third-order valence-electron chi connectivity index (χ3n) is 3.15. The van der Waals surface area contributed by atoms with Crippen LogP contribution in [0.3, 0.4) is 0 Å². The SMILES string of the molecule is Cn1cc(/C=C/c2ncc(/C=C/C(=O)O)s2)c(-c2ccncc2)n1. The Morgan fingerprint density at radius 2 is 2.04 bits per heavy atom. The van der Waals surface area contributed by atoms with E-state index in [2.05, 4.69) is 15.1 Å². The van der Waals surface area contributed by atoms with E-state index in [9.17, 15) is 4.79 Å². The minimum absolute atomic E-state index is 0.789. The van der Waals surface area contributed by atoms with Gasteiger partial charge in [-0.05, 0) is 30.4 Å². The summed E-state index contributed by atoms with van der Waals surface area (Å²) in [6.45, 7) is 0. The second-order valence-electron chi connectivity index (χ2n) is 4.95. The lowest BCUT2D eigenvalue weighted by Gasteiger charge is -1.97. The summed E-state index contributed by atoms with van der Waals surface area (Å²) in [6, 6.07) is 3.83. The monoisotopic (exact) mass is 338 g/mol. The highest BCUT2D eigenvalue weighted by Crippen LogP contribution is 2.24. The molecule has 0 radical (unpaired) electrons. The first-order valence-electron chi connectivity index (χ1n) is 7.11. The van der Waals surface area contributed by atoms with Crippen molar-refractivity contribution in [3.05, 3.63) is 58.4 Å². The molecule has 0 aliphatic rings. The smallest absolute Gasteiger partial charge is 0.328 e. The van der Waals surface area contributed by atoms with Gasteiger partial charge >= 0.3 is 5.97 Å². The van der Waals surface area contributed by atoms with Crippen LogP contribution in [-0.4, -0.2) is 30.8 Å². The average Bonchev–Trinajstić information content (AvgIpc) is 3.18. The van der Waals surface area contributed by atoms with Gasteiger partial charge in [0, 0.05) is 53.9 Å². The van der Waals surface area contributed by atoms with Gasteiger partial charge in [0.25, 0.3) is 0 Å². The van der Waals surface area contributed by atoms with E-state index in [1.165, 1.54) is 17.4 Å². The summed E-state index contributed by atoms with van der Waals surface area (Å²) in [5.74, 6) is -0.974. The molecule has 0 fully saturated rings. The van der Waals surface area contributed by atoms with Gasteiger partial charge in [0.2, 0.25) is 0 Å². The Labute approximate surface area is 142 Å². The van der Waals surface area contributed by atoms with Gasteiger partial charge in [-0.15, -0.1) is 11.3 Å². The molecule has 0 bridgehead atoms. The van der Waals surface area contributed by atoms with Gasteiger partial charge in [0.1, 0.15) is 5.01 Å². The third-order valence-corrected chi connectivity index (χ3v) is 4.08. The number of carbonyl (C=O) groups is 1. The van der Waals surface area contributed by atoms with Crippen molar-refractivity contribution < 1.29 is 9.90 Å². The topological polar surface area (TPSA) is 80.9 Å². The summed E-state index contributed by atoms with van der Waals surface area (Å²) >= 11 is 1.42. The Bertz CT molecular complexity index is 910. The number of hydrogen-bond acceptors (Lipinski definition) is 5. The van der Waals surface area contributed by atoms with E-state index in [0.29, 0.717) is 0 Å². The molecule has 120 valence electrons. The molecule has 0 unspecified atom stereocenters. The highest BCUT2D eigenvalue weighted by atomic mass is 32.1. The number of carboxylic acid groups (broad SMARTS) is 1. The molecule has 3 heterocycles. The van der Waals surface area contributed by atoms with Gasteiger partial charge in [-0.1, -0.05) is 0 Å². The number of hydrogen-bond donors (Lipinski definition) is 1. The van der Waals surface area contributed by atoms with E-state index in [0.717, 1.165) is 32.8 Å². The Kier molecular flexibility index (Phi) is 4.62. The van der Waals surface area contributed by atoms with E-state index in [4.69, 9.17) is 5.11 Å². The van der Waals surface area contributed by atoms with Gasteiger partial charge in [0.15, 0.2) is 0 Å². The molecule has 7 heteroatoms. The lowest BCUT2D eigenvalue weighted by atomic mass is 10.1. The van der Waals surface area contributed by atoms with E-state index < -0.39 is 5.97 Å². The minimum Gasteiger partial charge on any atom is -0.478 e. The molecular formula is C17H14N4O2S. The maximum Gasteiger partial charge on any atom is 0.328 e. The number of carboxylic acids is 1. The fourth-order valence-corrected chi connectivity index (χ4v) is 2.86. The molecule has 3 rings (SSSR count). The lowest BCUT2D eigenvalue weighted by molar-refractivity contribution is -0.131. The van der Waals surface area contributed by atoms with Gasteiger partial charge in [-0.25, -0.2) is 9.78 Å². The van der Waals surface area contributed by atoms with E-state index in [1.54, 1.807) is 23.3 Å². The van der Waals surface area contributed by atoms with Crippen molar-refractivity contribution in [3.8, 4) is 11.3 Å². The Morgan fingerprint density at radius 1 is 1.25 bits per heavy atom. The van der Waals surface area contributed by atoms with Crippen LogP contribution in [-0.2, 0) is 11.8 Å². The summed E-state index contributed by atoms with van der Waals surface area (Å²) < 4.78 is 1.76. The molecule has 0 aliphatic heterocycles. The maximum absolute atomic E-state index is 10.5. The molecule has 24 heavy (non-hydrogen) atoms. The molecule has 0 saturated heterocycles. The zero-order chi connectivity index (χ0) is 16.9. The van der Waals surface area contributed by atoms with Crippen LogP contribution in [0.5, 0.6) is 0 Å². The lowest BCUT2D eigenvalue weighted by Crippen LogP contribution is -1.87. The highest BCUT2D eigenvalue weighted by Gasteiger charge is 2.07. The second-order valence-corrected chi connectivity index (χ2v) is 6.04. The molecule has 0 saturated carbocycles. The van der Waals surface area contributed by atoms with Gasteiger partial charge in [-0.3, -0.25) is 9.67 Å². The number of pyridine rings is 1. The van der Waals surface area contributed by atoms with Crippen molar-refractivity contribution in [3.63, 3.8) is 0 Å². The molecule has 3 aromatic heterocycles. The summed E-state index contributed by atoms with van der Waals surface area (Å²) in [5, 5.41) is 13.9. The fourth-order valence-electron chi connectivity index (χ4n) is 2.13. The predicted octanol–water partition coefficient (Wildman–Crippen LogP) is 3.21. The quantitative estimate of drug-likeness (QED) is 0.723. The van der Waals surface area contributed by atoms with Crippen LogP contribution >= 0.6 is 11.3 Å². The Morgan fingerprint density at radius 3 is 2.79 bits per heavy atom. The zero-order valence-electron chi connectivity index (χ0n) is 12.8. The van der Waals surface area contributed by atoms with E-state index in [-0.39, 0.29) is 0 Å².